The van der Waals surface area contributed by atoms with Gasteiger partial charge in [0.15, 0.2) is 0 Å². The van der Waals surface area contributed by atoms with Crippen LogP contribution in [0.4, 0.5) is 5.69 Å². The molecular formula is C16H21BrN2O3. The number of halogens is 1. The second-order valence-electron chi connectivity index (χ2n) is 5.58. The van der Waals surface area contributed by atoms with Gasteiger partial charge in [0.2, 0.25) is 5.91 Å². The summed E-state index contributed by atoms with van der Waals surface area (Å²) in [6.45, 7) is 3.80. The van der Waals surface area contributed by atoms with E-state index < -0.39 is 0 Å². The Bertz CT molecular complexity index is 554. The summed E-state index contributed by atoms with van der Waals surface area (Å²) in [4.78, 5) is 25.7. The van der Waals surface area contributed by atoms with Crippen molar-refractivity contribution in [3.8, 4) is 0 Å². The molecule has 0 radical (unpaired) electrons. The molecule has 0 atom stereocenters. The number of methoxy groups -OCH3 is 1. The first-order chi connectivity index (χ1) is 10.5. The van der Waals surface area contributed by atoms with Crippen LogP contribution in [0.25, 0.3) is 0 Å². The number of nitrogens with one attached hydrogen (secondary N) is 1. The lowest BCUT2D eigenvalue weighted by Gasteiger charge is -2.30. The molecule has 1 aromatic carbocycles. The van der Waals surface area contributed by atoms with E-state index in [-0.39, 0.29) is 17.8 Å². The molecule has 2 rings (SSSR count). The van der Waals surface area contributed by atoms with Crippen molar-refractivity contribution in [1.82, 2.24) is 4.90 Å². The van der Waals surface area contributed by atoms with Gasteiger partial charge in [-0.1, -0.05) is 15.9 Å². The van der Waals surface area contributed by atoms with E-state index in [0.29, 0.717) is 6.54 Å². The lowest BCUT2D eigenvalue weighted by atomic mass is 9.97. The Kier molecular flexibility index (Phi) is 5.97. The number of likely N-dealkylation sites (tertiary alicyclic amines) is 1. The Hall–Kier alpha value is -1.40. The van der Waals surface area contributed by atoms with Crippen molar-refractivity contribution >= 4 is 33.5 Å². The zero-order chi connectivity index (χ0) is 16.1. The Balaban J connectivity index is 1.82. The average molecular weight is 369 g/mol. The molecule has 1 N–H and O–H groups in total. The Morgan fingerprint density at radius 3 is 2.64 bits per heavy atom. The van der Waals surface area contributed by atoms with Crippen LogP contribution in [0.5, 0.6) is 0 Å². The lowest BCUT2D eigenvalue weighted by molar-refractivity contribution is -0.147. The molecule has 0 unspecified atom stereocenters. The molecule has 0 bridgehead atoms. The number of hydrogen-bond acceptors (Lipinski definition) is 4. The molecule has 0 aliphatic carbocycles. The minimum atomic E-state index is -0.144. The third kappa shape index (κ3) is 4.55. The largest absolute Gasteiger partial charge is 0.469 e. The number of aryl methyl sites for hydroxylation is 1. The number of carbonyl (C=O) groups excluding carboxylic acids is 2. The van der Waals surface area contributed by atoms with E-state index in [1.165, 1.54) is 7.11 Å². The van der Waals surface area contributed by atoms with E-state index >= 15 is 0 Å². The Morgan fingerprint density at radius 2 is 2.05 bits per heavy atom. The molecule has 1 amide bonds. The van der Waals surface area contributed by atoms with E-state index in [9.17, 15) is 9.59 Å². The minimum Gasteiger partial charge on any atom is -0.469 e. The molecule has 22 heavy (non-hydrogen) atoms. The topological polar surface area (TPSA) is 58.6 Å². The number of nitrogens with zero attached hydrogens (tertiary/aromatic N) is 1. The molecular weight excluding hydrogens is 348 g/mol. The van der Waals surface area contributed by atoms with Crippen molar-refractivity contribution in [2.75, 3.05) is 32.1 Å². The molecule has 0 spiro atoms. The van der Waals surface area contributed by atoms with Gasteiger partial charge in [-0.2, -0.15) is 0 Å². The number of benzene rings is 1. The zero-order valence-electron chi connectivity index (χ0n) is 12.9. The summed E-state index contributed by atoms with van der Waals surface area (Å²) in [5.74, 6) is -0.199. The normalized spacial score (nSPS) is 16.3. The van der Waals surface area contributed by atoms with Gasteiger partial charge in [0.1, 0.15) is 0 Å². The number of piperidine rings is 1. The van der Waals surface area contributed by atoms with Crippen molar-refractivity contribution in [1.29, 1.82) is 0 Å². The van der Waals surface area contributed by atoms with Gasteiger partial charge in [0.25, 0.3) is 0 Å². The number of ether oxygens (including phenoxy) is 1. The fraction of sp³-hybridized carbons (Fsp3) is 0.500. The van der Waals surface area contributed by atoms with Gasteiger partial charge in [-0.25, -0.2) is 0 Å². The maximum absolute atomic E-state index is 12.1. The van der Waals surface area contributed by atoms with Gasteiger partial charge in [0, 0.05) is 10.2 Å². The molecule has 5 nitrogen and oxygen atoms in total. The second kappa shape index (κ2) is 7.74. The van der Waals surface area contributed by atoms with Gasteiger partial charge in [-0.05, 0) is 56.6 Å². The summed E-state index contributed by atoms with van der Waals surface area (Å²) < 4.78 is 5.76. The van der Waals surface area contributed by atoms with E-state index in [2.05, 4.69) is 26.1 Å². The van der Waals surface area contributed by atoms with Crippen LogP contribution in [-0.2, 0) is 14.3 Å². The highest BCUT2D eigenvalue weighted by atomic mass is 79.9. The van der Waals surface area contributed by atoms with Crippen molar-refractivity contribution in [2.45, 2.75) is 19.8 Å². The summed E-state index contributed by atoms with van der Waals surface area (Å²) in [7, 11) is 1.42. The number of esters is 1. The van der Waals surface area contributed by atoms with E-state index in [1.54, 1.807) is 0 Å². The van der Waals surface area contributed by atoms with Crippen LogP contribution in [0.15, 0.2) is 22.7 Å². The molecule has 1 aliphatic rings. The van der Waals surface area contributed by atoms with E-state index in [1.807, 2.05) is 25.1 Å². The summed E-state index contributed by atoms with van der Waals surface area (Å²) in [5.41, 5.74) is 1.85. The predicted molar refractivity (Wildman–Crippen MR) is 88.7 cm³/mol. The minimum absolute atomic E-state index is 0.0260. The number of amides is 1. The van der Waals surface area contributed by atoms with Crippen LogP contribution in [0.1, 0.15) is 18.4 Å². The SMILES string of the molecule is COC(=O)C1CCN(CC(=O)Nc2ccc(Br)cc2C)CC1. The highest BCUT2D eigenvalue weighted by molar-refractivity contribution is 9.10. The van der Waals surface area contributed by atoms with Crippen molar-refractivity contribution in [3.05, 3.63) is 28.2 Å². The summed E-state index contributed by atoms with van der Waals surface area (Å²) >= 11 is 3.41. The molecule has 0 saturated carbocycles. The third-order valence-corrected chi connectivity index (χ3v) is 4.45. The quantitative estimate of drug-likeness (QED) is 0.829. The number of carbonyl (C=O) groups is 2. The summed E-state index contributed by atoms with van der Waals surface area (Å²) in [6.07, 6.45) is 1.49. The molecule has 120 valence electrons. The van der Waals surface area contributed by atoms with Gasteiger partial charge in [-0.15, -0.1) is 0 Å². The number of hydrogen-bond donors (Lipinski definition) is 1. The molecule has 0 aromatic heterocycles. The third-order valence-electron chi connectivity index (χ3n) is 3.95. The lowest BCUT2D eigenvalue weighted by Crippen LogP contribution is -2.41. The van der Waals surface area contributed by atoms with Crippen molar-refractivity contribution < 1.29 is 14.3 Å². The molecule has 1 aromatic rings. The first-order valence-electron chi connectivity index (χ1n) is 7.36. The summed E-state index contributed by atoms with van der Waals surface area (Å²) in [5, 5.41) is 2.94. The molecule has 6 heteroatoms. The maximum Gasteiger partial charge on any atom is 0.308 e. The summed E-state index contributed by atoms with van der Waals surface area (Å²) in [6, 6.07) is 5.77. The van der Waals surface area contributed by atoms with Crippen molar-refractivity contribution in [2.24, 2.45) is 5.92 Å². The molecule has 1 aliphatic heterocycles. The van der Waals surface area contributed by atoms with Gasteiger partial charge >= 0.3 is 5.97 Å². The Morgan fingerprint density at radius 1 is 1.36 bits per heavy atom. The van der Waals surface area contributed by atoms with Gasteiger partial charge in [-0.3, -0.25) is 14.5 Å². The van der Waals surface area contributed by atoms with Crippen LogP contribution in [0, 0.1) is 12.8 Å². The smallest absolute Gasteiger partial charge is 0.308 e. The van der Waals surface area contributed by atoms with E-state index in [0.717, 1.165) is 41.7 Å². The van der Waals surface area contributed by atoms with Crippen LogP contribution in [-0.4, -0.2) is 43.5 Å². The predicted octanol–water partition coefficient (Wildman–Crippen LogP) is 2.58. The van der Waals surface area contributed by atoms with Crippen molar-refractivity contribution in [3.63, 3.8) is 0 Å². The van der Waals surface area contributed by atoms with Crippen LogP contribution >= 0.6 is 15.9 Å². The first-order valence-corrected chi connectivity index (χ1v) is 8.15. The fourth-order valence-electron chi connectivity index (χ4n) is 2.65. The average Bonchev–Trinajstić information content (AvgIpc) is 2.50. The number of rotatable bonds is 4. The zero-order valence-corrected chi connectivity index (χ0v) is 14.5. The second-order valence-corrected chi connectivity index (χ2v) is 6.50. The van der Waals surface area contributed by atoms with Crippen LogP contribution < -0.4 is 5.32 Å². The monoisotopic (exact) mass is 368 g/mol. The number of anilines is 1. The standard InChI is InChI=1S/C16H21BrN2O3/c1-11-9-13(17)3-4-14(11)18-15(20)10-19-7-5-12(6-8-19)16(21)22-2/h3-4,9,12H,5-8,10H2,1-2H3,(H,18,20). The Labute approximate surface area is 139 Å². The highest BCUT2D eigenvalue weighted by Gasteiger charge is 2.26. The molecule has 1 saturated heterocycles. The molecule has 1 fully saturated rings. The fourth-order valence-corrected chi connectivity index (χ4v) is 3.13. The maximum atomic E-state index is 12.1. The van der Waals surface area contributed by atoms with Gasteiger partial charge in [0.05, 0.1) is 19.6 Å². The van der Waals surface area contributed by atoms with Gasteiger partial charge < -0.3 is 10.1 Å². The van der Waals surface area contributed by atoms with Crippen LogP contribution in [0.3, 0.4) is 0 Å². The first kappa shape index (κ1) is 17.0. The van der Waals surface area contributed by atoms with E-state index in [4.69, 9.17) is 4.74 Å². The molecule has 1 heterocycles. The van der Waals surface area contributed by atoms with Crippen LogP contribution in [0.2, 0.25) is 0 Å². The highest BCUT2D eigenvalue weighted by Crippen LogP contribution is 2.21.